The minimum Gasteiger partial charge on any atom is -0.481 e. The second-order valence-electron chi connectivity index (χ2n) is 8.82. The molecule has 0 aliphatic heterocycles. The number of hydrogen-bond acceptors (Lipinski definition) is 7. The fourth-order valence-corrected chi connectivity index (χ4v) is 4.41. The molecule has 188 valence electrons. The lowest BCUT2D eigenvalue weighted by molar-refractivity contribution is 0.396. The van der Waals surface area contributed by atoms with Gasteiger partial charge in [-0.05, 0) is 42.2 Å². The van der Waals surface area contributed by atoms with Crippen LogP contribution in [0.2, 0.25) is 5.02 Å². The first kappa shape index (κ1) is 24.5. The van der Waals surface area contributed by atoms with E-state index in [4.69, 9.17) is 16.3 Å². The maximum Gasteiger partial charge on any atom is 0.250 e. The van der Waals surface area contributed by atoms with Crippen LogP contribution in [-0.2, 0) is 19.6 Å². The number of ether oxygens (including phenoxy) is 1. The van der Waals surface area contributed by atoms with Crippen LogP contribution < -0.4 is 15.6 Å². The standard InChI is InChI=1S/C27H26ClN7O2/c1-17-10-24(37-3)32-18(2)22(17)11-29-26-23-15-35(33-27(23)31-16-30-26)13-20-6-4-19(5-7-20)12-34-14-21(28)8-9-25(34)36/h4-10,14-16H,11-13H2,1-3H3,(H,29,30,31,33). The lowest BCUT2D eigenvalue weighted by atomic mass is 10.1. The molecule has 9 nitrogen and oxygen atoms in total. The summed E-state index contributed by atoms with van der Waals surface area (Å²) in [6, 6.07) is 13.1. The summed E-state index contributed by atoms with van der Waals surface area (Å²) in [6.07, 6.45) is 5.11. The number of aromatic nitrogens is 6. The second kappa shape index (κ2) is 10.4. The molecule has 0 unspecified atom stereocenters. The quantitative estimate of drug-likeness (QED) is 0.327. The van der Waals surface area contributed by atoms with Crippen LogP contribution in [0.25, 0.3) is 11.0 Å². The summed E-state index contributed by atoms with van der Waals surface area (Å²) in [4.78, 5) is 25.3. The van der Waals surface area contributed by atoms with E-state index >= 15 is 0 Å². The first-order chi connectivity index (χ1) is 17.9. The van der Waals surface area contributed by atoms with Crippen LogP contribution in [0.5, 0.6) is 5.88 Å². The Kier molecular flexibility index (Phi) is 6.87. The van der Waals surface area contributed by atoms with Gasteiger partial charge in [0.05, 0.1) is 30.6 Å². The molecule has 0 atom stereocenters. The zero-order valence-corrected chi connectivity index (χ0v) is 21.5. The number of anilines is 1. The third kappa shape index (κ3) is 5.46. The molecule has 1 aromatic carbocycles. The Bertz CT molecular complexity index is 1600. The topological polar surface area (TPSA) is 99.7 Å². The van der Waals surface area contributed by atoms with E-state index in [1.165, 1.54) is 12.4 Å². The summed E-state index contributed by atoms with van der Waals surface area (Å²) < 4.78 is 8.71. The molecule has 0 amide bonds. The largest absolute Gasteiger partial charge is 0.481 e. The highest BCUT2D eigenvalue weighted by Gasteiger charge is 2.12. The number of benzene rings is 1. The van der Waals surface area contributed by atoms with Crippen LogP contribution in [0.15, 0.2) is 66.0 Å². The van der Waals surface area contributed by atoms with Crippen molar-refractivity contribution in [1.29, 1.82) is 0 Å². The smallest absolute Gasteiger partial charge is 0.250 e. The van der Waals surface area contributed by atoms with Crippen molar-refractivity contribution < 1.29 is 4.74 Å². The molecule has 0 spiro atoms. The first-order valence-corrected chi connectivity index (χ1v) is 12.1. The van der Waals surface area contributed by atoms with Crippen LogP contribution in [0.1, 0.15) is 27.9 Å². The van der Waals surface area contributed by atoms with Gasteiger partial charge in [0.25, 0.3) is 5.56 Å². The number of nitrogens with one attached hydrogen (secondary N) is 1. The van der Waals surface area contributed by atoms with Crippen LogP contribution in [0.4, 0.5) is 5.82 Å². The van der Waals surface area contributed by atoms with Gasteiger partial charge >= 0.3 is 0 Å². The second-order valence-corrected chi connectivity index (χ2v) is 9.25. The lowest BCUT2D eigenvalue weighted by Crippen LogP contribution is -2.18. The highest BCUT2D eigenvalue weighted by molar-refractivity contribution is 6.30. The lowest BCUT2D eigenvalue weighted by Gasteiger charge is -2.12. The highest BCUT2D eigenvalue weighted by atomic mass is 35.5. The predicted octanol–water partition coefficient (Wildman–Crippen LogP) is 4.37. The van der Waals surface area contributed by atoms with Crippen LogP contribution in [-0.4, -0.2) is 36.4 Å². The van der Waals surface area contributed by atoms with Gasteiger partial charge in [-0.15, -0.1) is 0 Å². The van der Waals surface area contributed by atoms with Crippen molar-refractivity contribution in [2.75, 3.05) is 12.4 Å². The molecule has 0 fully saturated rings. The molecule has 0 saturated heterocycles. The summed E-state index contributed by atoms with van der Waals surface area (Å²) in [5, 5.41) is 9.42. The zero-order chi connectivity index (χ0) is 25.9. The molecule has 0 aliphatic carbocycles. The van der Waals surface area contributed by atoms with Gasteiger partial charge in [0.15, 0.2) is 5.65 Å². The SMILES string of the molecule is COc1cc(C)c(CNc2ncnc3nn(Cc4ccc(Cn5cc(Cl)ccc5=O)cc4)cc23)c(C)n1. The van der Waals surface area contributed by atoms with Crippen LogP contribution >= 0.6 is 11.6 Å². The molecule has 0 radical (unpaired) electrons. The van der Waals surface area contributed by atoms with Crippen LogP contribution in [0.3, 0.4) is 0 Å². The summed E-state index contributed by atoms with van der Waals surface area (Å²) >= 11 is 6.03. The summed E-state index contributed by atoms with van der Waals surface area (Å²) in [7, 11) is 1.62. The van der Waals surface area contributed by atoms with Gasteiger partial charge in [0.1, 0.15) is 12.1 Å². The van der Waals surface area contributed by atoms with E-state index < -0.39 is 0 Å². The number of aryl methyl sites for hydroxylation is 2. The van der Waals surface area contributed by atoms with Crippen molar-refractivity contribution >= 4 is 28.5 Å². The molecular weight excluding hydrogens is 490 g/mol. The molecule has 10 heteroatoms. The van der Waals surface area contributed by atoms with Crippen molar-refractivity contribution in [2.45, 2.75) is 33.5 Å². The summed E-state index contributed by atoms with van der Waals surface area (Å²) in [6.45, 7) is 5.62. The molecule has 4 aromatic heterocycles. The van der Waals surface area contributed by atoms with E-state index in [1.807, 2.05) is 55.1 Å². The molecule has 0 aliphatic rings. The normalized spacial score (nSPS) is 11.1. The Morgan fingerprint density at radius 3 is 2.49 bits per heavy atom. The third-order valence-corrected chi connectivity index (χ3v) is 6.43. The Balaban J connectivity index is 1.30. The number of halogens is 1. The maximum absolute atomic E-state index is 12.1. The number of rotatable bonds is 8. The first-order valence-electron chi connectivity index (χ1n) is 11.8. The Morgan fingerprint density at radius 1 is 1.00 bits per heavy atom. The van der Waals surface area contributed by atoms with E-state index in [0.717, 1.165) is 33.3 Å². The average Bonchev–Trinajstić information content (AvgIpc) is 3.30. The van der Waals surface area contributed by atoms with Crippen molar-refractivity contribution in [3.63, 3.8) is 0 Å². The number of fused-ring (bicyclic) bond motifs is 1. The van der Waals surface area contributed by atoms with Crippen LogP contribution in [0, 0.1) is 13.8 Å². The average molecular weight is 516 g/mol. The van der Waals surface area contributed by atoms with E-state index in [-0.39, 0.29) is 5.56 Å². The fourth-order valence-electron chi connectivity index (χ4n) is 4.23. The van der Waals surface area contributed by atoms with E-state index in [2.05, 4.69) is 25.4 Å². The number of pyridine rings is 2. The van der Waals surface area contributed by atoms with Gasteiger partial charge in [-0.1, -0.05) is 35.9 Å². The van der Waals surface area contributed by atoms with E-state index in [9.17, 15) is 4.79 Å². The minimum atomic E-state index is -0.0872. The molecule has 5 rings (SSSR count). The van der Waals surface area contributed by atoms with Crippen molar-refractivity contribution in [2.24, 2.45) is 0 Å². The van der Waals surface area contributed by atoms with Crippen molar-refractivity contribution in [3.8, 4) is 5.88 Å². The number of hydrogen-bond donors (Lipinski definition) is 1. The van der Waals surface area contributed by atoms with Gasteiger partial charge in [0.2, 0.25) is 5.88 Å². The Hall–Kier alpha value is -4.24. The molecule has 5 aromatic rings. The Morgan fingerprint density at radius 2 is 1.76 bits per heavy atom. The van der Waals surface area contributed by atoms with Gasteiger partial charge in [-0.2, -0.15) is 5.10 Å². The highest BCUT2D eigenvalue weighted by Crippen LogP contribution is 2.22. The maximum atomic E-state index is 12.1. The summed E-state index contributed by atoms with van der Waals surface area (Å²) in [5.74, 6) is 1.32. The van der Waals surface area contributed by atoms with E-state index in [1.54, 1.807) is 23.9 Å². The molecule has 37 heavy (non-hydrogen) atoms. The van der Waals surface area contributed by atoms with Crippen molar-refractivity contribution in [1.82, 2.24) is 29.3 Å². The molecule has 4 heterocycles. The van der Waals surface area contributed by atoms with Gasteiger partial charge < -0.3 is 14.6 Å². The summed E-state index contributed by atoms with van der Waals surface area (Å²) in [5.41, 5.74) is 5.73. The minimum absolute atomic E-state index is 0.0872. The molecule has 0 saturated carbocycles. The van der Waals surface area contributed by atoms with Gasteiger partial charge in [-0.25, -0.2) is 15.0 Å². The molecule has 0 bridgehead atoms. The van der Waals surface area contributed by atoms with Crippen molar-refractivity contribution in [3.05, 3.63) is 105 Å². The zero-order valence-electron chi connectivity index (χ0n) is 20.8. The van der Waals surface area contributed by atoms with Gasteiger partial charge in [-0.3, -0.25) is 9.48 Å². The molecule has 1 N–H and O–H groups in total. The van der Waals surface area contributed by atoms with Gasteiger partial charge in [0, 0.05) is 36.8 Å². The number of nitrogens with zero attached hydrogens (tertiary/aromatic N) is 6. The van der Waals surface area contributed by atoms with E-state index in [0.29, 0.717) is 42.0 Å². The Labute approximate surface area is 218 Å². The third-order valence-electron chi connectivity index (χ3n) is 6.20. The molecular formula is C27H26ClN7O2. The fraction of sp³-hybridized carbons (Fsp3) is 0.222. The number of methoxy groups -OCH3 is 1. The predicted molar refractivity (Wildman–Crippen MR) is 143 cm³/mol. The monoisotopic (exact) mass is 515 g/mol.